The van der Waals surface area contributed by atoms with E-state index in [1.807, 2.05) is 0 Å². The van der Waals surface area contributed by atoms with Gasteiger partial charge in [-0.1, -0.05) is 12.1 Å². The van der Waals surface area contributed by atoms with Crippen molar-refractivity contribution in [3.05, 3.63) is 29.8 Å². The van der Waals surface area contributed by atoms with Gasteiger partial charge in [-0.15, -0.1) is 0 Å². The van der Waals surface area contributed by atoms with E-state index in [-0.39, 0.29) is 5.56 Å². The van der Waals surface area contributed by atoms with E-state index in [0.29, 0.717) is 5.69 Å². The van der Waals surface area contributed by atoms with Crippen LogP contribution in [-0.2, 0) is 4.74 Å². The summed E-state index contributed by atoms with van der Waals surface area (Å²) in [6.07, 6.45) is -3.30. The van der Waals surface area contributed by atoms with Gasteiger partial charge in [-0.25, -0.2) is 13.6 Å². The first-order valence-corrected chi connectivity index (χ1v) is 5.83. The van der Waals surface area contributed by atoms with Gasteiger partial charge in [0.15, 0.2) is 0 Å². The van der Waals surface area contributed by atoms with Crippen LogP contribution in [0.4, 0.5) is 19.3 Å². The van der Waals surface area contributed by atoms with E-state index in [4.69, 9.17) is 10.5 Å². The first-order chi connectivity index (χ1) is 8.69. The van der Waals surface area contributed by atoms with Crippen molar-refractivity contribution in [1.82, 2.24) is 0 Å². The Morgan fingerprint density at radius 3 is 2.53 bits per heavy atom. The Balaban J connectivity index is 2.75. The summed E-state index contributed by atoms with van der Waals surface area (Å²) in [6.45, 7) is 5.20. The second-order valence-electron chi connectivity index (χ2n) is 5.11. The van der Waals surface area contributed by atoms with Gasteiger partial charge in [0, 0.05) is 5.69 Å². The van der Waals surface area contributed by atoms with E-state index in [2.05, 4.69) is 5.32 Å². The van der Waals surface area contributed by atoms with Crippen molar-refractivity contribution in [1.29, 1.82) is 0 Å². The molecular weight excluding hydrogens is 254 g/mol. The molecule has 0 saturated carbocycles. The summed E-state index contributed by atoms with van der Waals surface area (Å²) < 4.78 is 30.0. The molecule has 0 heterocycles. The van der Waals surface area contributed by atoms with Gasteiger partial charge in [0.1, 0.15) is 5.60 Å². The van der Waals surface area contributed by atoms with Crippen molar-refractivity contribution in [3.63, 3.8) is 0 Å². The Kier molecular flexibility index (Phi) is 4.83. The lowest BCUT2D eigenvalue weighted by atomic mass is 10.1. The largest absolute Gasteiger partial charge is 0.444 e. The third-order valence-electron chi connectivity index (χ3n) is 2.19. The maximum Gasteiger partial charge on any atom is 0.412 e. The molecular formula is C13H18F2N2O2. The van der Waals surface area contributed by atoms with Crippen LogP contribution in [0.25, 0.3) is 0 Å². The molecule has 0 spiro atoms. The van der Waals surface area contributed by atoms with Crippen molar-refractivity contribution in [2.24, 2.45) is 5.73 Å². The van der Waals surface area contributed by atoms with Crippen molar-refractivity contribution in [2.75, 3.05) is 5.32 Å². The predicted molar refractivity (Wildman–Crippen MR) is 69.2 cm³/mol. The van der Waals surface area contributed by atoms with Crippen LogP contribution in [0.5, 0.6) is 0 Å². The summed E-state index contributed by atoms with van der Waals surface area (Å²) in [5.74, 6) is 0. The topological polar surface area (TPSA) is 64.3 Å². The molecule has 0 aliphatic rings. The quantitative estimate of drug-likeness (QED) is 0.887. The third-order valence-corrected chi connectivity index (χ3v) is 2.19. The van der Waals surface area contributed by atoms with Crippen LogP contribution in [0.1, 0.15) is 32.4 Å². The molecule has 0 aliphatic heterocycles. The molecule has 3 N–H and O–H groups in total. The highest BCUT2D eigenvalue weighted by molar-refractivity contribution is 5.84. The number of hydrogen-bond donors (Lipinski definition) is 2. The number of nitrogens with one attached hydrogen (secondary N) is 1. The normalized spacial score (nSPS) is 13.2. The number of carbonyl (C=O) groups excluding carboxylic acids is 1. The number of hydrogen-bond acceptors (Lipinski definition) is 3. The fourth-order valence-electron chi connectivity index (χ4n) is 1.39. The monoisotopic (exact) mass is 272 g/mol. The molecule has 1 aromatic rings. The molecule has 6 heteroatoms. The number of nitrogens with two attached hydrogens (primary N) is 1. The maximum absolute atomic E-state index is 12.5. The molecule has 0 aromatic heterocycles. The minimum atomic E-state index is -2.66. The zero-order valence-electron chi connectivity index (χ0n) is 11.1. The van der Waals surface area contributed by atoms with E-state index in [1.54, 1.807) is 32.9 Å². The zero-order chi connectivity index (χ0) is 14.6. The summed E-state index contributed by atoms with van der Waals surface area (Å²) in [7, 11) is 0. The summed E-state index contributed by atoms with van der Waals surface area (Å²) in [6, 6.07) is 4.63. The van der Waals surface area contributed by atoms with E-state index in [9.17, 15) is 13.6 Å². The van der Waals surface area contributed by atoms with Crippen LogP contribution < -0.4 is 11.1 Å². The average Bonchev–Trinajstić information content (AvgIpc) is 2.25. The van der Waals surface area contributed by atoms with E-state index in [0.717, 1.165) is 0 Å². The number of ether oxygens (including phenoxy) is 1. The third kappa shape index (κ3) is 5.21. The lowest BCUT2D eigenvalue weighted by Crippen LogP contribution is -2.27. The molecule has 4 nitrogen and oxygen atoms in total. The Morgan fingerprint density at radius 2 is 2.00 bits per heavy atom. The first-order valence-electron chi connectivity index (χ1n) is 5.83. The summed E-state index contributed by atoms with van der Waals surface area (Å²) in [4.78, 5) is 11.5. The molecule has 1 aromatic carbocycles. The SMILES string of the molecule is CC(C)(C)OC(=O)Nc1cccc(C(N)C(F)F)c1. The smallest absolute Gasteiger partial charge is 0.412 e. The summed E-state index contributed by atoms with van der Waals surface area (Å²) in [5, 5.41) is 2.47. The number of amides is 1. The Labute approximate surface area is 110 Å². The van der Waals surface area contributed by atoms with Crippen molar-refractivity contribution >= 4 is 11.8 Å². The predicted octanol–water partition coefficient (Wildman–Crippen LogP) is 3.30. The van der Waals surface area contributed by atoms with Gasteiger partial charge < -0.3 is 10.5 Å². The molecule has 0 saturated heterocycles. The fraction of sp³-hybridized carbons (Fsp3) is 0.462. The second kappa shape index (κ2) is 5.97. The van der Waals surface area contributed by atoms with E-state index >= 15 is 0 Å². The lowest BCUT2D eigenvalue weighted by molar-refractivity contribution is 0.0636. The molecule has 1 atom stereocenters. The van der Waals surface area contributed by atoms with Gasteiger partial charge in [0.25, 0.3) is 6.43 Å². The standard InChI is InChI=1S/C13H18F2N2O2/c1-13(2,3)19-12(18)17-9-6-4-5-8(7-9)10(16)11(14)15/h4-7,10-11H,16H2,1-3H3,(H,17,18). The Bertz CT molecular complexity index is 445. The molecule has 19 heavy (non-hydrogen) atoms. The molecule has 0 aliphatic carbocycles. The first kappa shape index (κ1) is 15.4. The van der Waals surface area contributed by atoms with Gasteiger partial charge in [-0.05, 0) is 38.5 Å². The summed E-state index contributed by atoms with van der Waals surface area (Å²) >= 11 is 0. The molecule has 0 radical (unpaired) electrons. The van der Waals surface area contributed by atoms with Gasteiger partial charge in [-0.3, -0.25) is 5.32 Å². The number of benzene rings is 1. The van der Waals surface area contributed by atoms with Crippen LogP contribution in [-0.4, -0.2) is 18.1 Å². The minimum absolute atomic E-state index is 0.253. The second-order valence-corrected chi connectivity index (χ2v) is 5.11. The van der Waals surface area contributed by atoms with Crippen molar-refractivity contribution < 1.29 is 18.3 Å². The molecule has 1 unspecified atom stereocenters. The zero-order valence-corrected chi connectivity index (χ0v) is 11.1. The number of rotatable bonds is 3. The van der Waals surface area contributed by atoms with E-state index in [1.165, 1.54) is 12.1 Å². The number of alkyl halides is 2. The molecule has 0 fully saturated rings. The molecule has 0 bridgehead atoms. The molecule has 1 amide bonds. The number of halogens is 2. The van der Waals surface area contributed by atoms with Crippen LogP contribution in [0, 0.1) is 0 Å². The molecule has 106 valence electrons. The van der Waals surface area contributed by atoms with Gasteiger partial charge in [0.05, 0.1) is 6.04 Å². The Hall–Kier alpha value is -1.69. The van der Waals surface area contributed by atoms with Crippen LogP contribution in [0.15, 0.2) is 24.3 Å². The van der Waals surface area contributed by atoms with Gasteiger partial charge in [-0.2, -0.15) is 0 Å². The highest BCUT2D eigenvalue weighted by Crippen LogP contribution is 2.21. The van der Waals surface area contributed by atoms with Gasteiger partial charge in [0.2, 0.25) is 0 Å². The average molecular weight is 272 g/mol. The highest BCUT2D eigenvalue weighted by Gasteiger charge is 2.19. The Morgan fingerprint density at radius 1 is 1.37 bits per heavy atom. The summed E-state index contributed by atoms with van der Waals surface area (Å²) in [5.41, 5.74) is 5.34. The lowest BCUT2D eigenvalue weighted by Gasteiger charge is -2.20. The minimum Gasteiger partial charge on any atom is -0.444 e. The number of anilines is 1. The van der Waals surface area contributed by atoms with E-state index < -0.39 is 24.2 Å². The molecule has 1 rings (SSSR count). The fourth-order valence-corrected chi connectivity index (χ4v) is 1.39. The van der Waals surface area contributed by atoms with Crippen LogP contribution >= 0.6 is 0 Å². The highest BCUT2D eigenvalue weighted by atomic mass is 19.3. The van der Waals surface area contributed by atoms with Crippen molar-refractivity contribution in [2.45, 2.75) is 38.8 Å². The van der Waals surface area contributed by atoms with Crippen molar-refractivity contribution in [3.8, 4) is 0 Å². The van der Waals surface area contributed by atoms with Crippen LogP contribution in [0.3, 0.4) is 0 Å². The van der Waals surface area contributed by atoms with Gasteiger partial charge >= 0.3 is 6.09 Å². The maximum atomic E-state index is 12.5. The van der Waals surface area contributed by atoms with Crippen LogP contribution in [0.2, 0.25) is 0 Å². The number of carbonyl (C=O) groups is 1.